The van der Waals surface area contributed by atoms with Crippen LogP contribution in [0.3, 0.4) is 0 Å². The first-order valence-corrected chi connectivity index (χ1v) is 11.1. The van der Waals surface area contributed by atoms with Crippen molar-refractivity contribution in [1.29, 1.82) is 0 Å². The second-order valence-electron chi connectivity index (χ2n) is 5.89. The minimum absolute atomic E-state index is 0.0128. The van der Waals surface area contributed by atoms with Gasteiger partial charge in [0.25, 0.3) is 5.91 Å². The molecule has 2 N–H and O–H groups in total. The number of nitrogens with zero attached hydrogens (tertiary/aromatic N) is 1. The molecule has 0 bridgehead atoms. The van der Waals surface area contributed by atoms with Gasteiger partial charge in [-0.15, -0.1) is 0 Å². The number of sulfonamides is 1. The molecular weight excluding hydrogens is 402 g/mol. The second-order valence-corrected chi connectivity index (χ2v) is 8.65. The van der Waals surface area contributed by atoms with E-state index in [-0.39, 0.29) is 22.2 Å². The average molecular weight is 426 g/mol. The summed E-state index contributed by atoms with van der Waals surface area (Å²) < 4.78 is 32.1. The highest BCUT2D eigenvalue weighted by Crippen LogP contribution is 2.24. The number of benzene rings is 1. The number of hydrogen-bond acceptors (Lipinski definition) is 7. The Morgan fingerprint density at radius 1 is 1.25 bits per heavy atom. The number of carbonyl (C=O) groups excluding carboxylic acids is 2. The first-order valence-electron chi connectivity index (χ1n) is 8.84. The van der Waals surface area contributed by atoms with Crippen molar-refractivity contribution in [2.45, 2.75) is 38.5 Å². The van der Waals surface area contributed by atoms with Crippen LogP contribution in [-0.4, -0.2) is 38.4 Å². The fraction of sp³-hybridized carbons (Fsp3) is 0.389. The molecule has 0 aliphatic carbocycles. The number of unbranched alkanes of at least 4 members (excludes halogenated alkanes) is 1. The van der Waals surface area contributed by atoms with Gasteiger partial charge in [0.05, 0.1) is 17.2 Å². The van der Waals surface area contributed by atoms with E-state index in [2.05, 4.69) is 15.0 Å². The van der Waals surface area contributed by atoms with Crippen LogP contribution < -0.4 is 10.0 Å². The third-order valence-corrected chi connectivity index (χ3v) is 6.22. The van der Waals surface area contributed by atoms with Crippen LogP contribution in [0.5, 0.6) is 0 Å². The highest BCUT2D eigenvalue weighted by molar-refractivity contribution is 7.89. The van der Waals surface area contributed by atoms with Crippen LogP contribution in [0.2, 0.25) is 0 Å². The van der Waals surface area contributed by atoms with E-state index in [1.54, 1.807) is 13.8 Å². The van der Waals surface area contributed by atoms with Gasteiger partial charge in [0, 0.05) is 12.1 Å². The van der Waals surface area contributed by atoms with Gasteiger partial charge < -0.3 is 4.74 Å². The summed E-state index contributed by atoms with van der Waals surface area (Å²) in [4.78, 5) is 28.8. The maximum atomic E-state index is 12.5. The third-order valence-electron chi connectivity index (χ3n) is 3.71. The fourth-order valence-corrected chi connectivity index (χ4v) is 4.25. The van der Waals surface area contributed by atoms with Crippen molar-refractivity contribution in [2.75, 3.05) is 18.5 Å². The number of anilines is 1. The number of esters is 1. The van der Waals surface area contributed by atoms with E-state index >= 15 is 0 Å². The average Bonchev–Trinajstić information content (AvgIpc) is 3.02. The molecule has 0 saturated heterocycles. The maximum absolute atomic E-state index is 12.5. The molecule has 0 radical (unpaired) electrons. The van der Waals surface area contributed by atoms with Crippen molar-refractivity contribution < 1.29 is 22.7 Å². The number of carbonyl (C=O) groups is 2. The van der Waals surface area contributed by atoms with Gasteiger partial charge in [0.2, 0.25) is 10.0 Å². The van der Waals surface area contributed by atoms with E-state index in [0.29, 0.717) is 17.1 Å². The minimum Gasteiger partial charge on any atom is -0.462 e. The summed E-state index contributed by atoms with van der Waals surface area (Å²) in [7, 11) is -3.69. The molecule has 0 aliphatic rings. The lowest BCUT2D eigenvalue weighted by atomic mass is 10.2. The topological polar surface area (TPSA) is 114 Å². The molecule has 1 aromatic carbocycles. The lowest BCUT2D eigenvalue weighted by Gasteiger charge is -2.08. The summed E-state index contributed by atoms with van der Waals surface area (Å²) in [5.74, 6) is -1.01. The zero-order valence-corrected chi connectivity index (χ0v) is 17.6. The predicted octanol–water partition coefficient (Wildman–Crippen LogP) is 2.96. The lowest BCUT2D eigenvalue weighted by molar-refractivity contribution is 0.0531. The molecule has 1 heterocycles. The maximum Gasteiger partial charge on any atom is 0.350 e. The van der Waals surface area contributed by atoms with Gasteiger partial charge in [0.1, 0.15) is 4.88 Å². The number of rotatable bonds is 9. The molecule has 0 fully saturated rings. The largest absolute Gasteiger partial charge is 0.462 e. The van der Waals surface area contributed by atoms with Crippen LogP contribution in [0.1, 0.15) is 52.4 Å². The number of hydrogen-bond donors (Lipinski definition) is 2. The molecule has 0 saturated carbocycles. The number of nitrogens with one attached hydrogen (secondary N) is 2. The van der Waals surface area contributed by atoms with Gasteiger partial charge in [-0.2, -0.15) is 0 Å². The monoisotopic (exact) mass is 425 g/mol. The van der Waals surface area contributed by atoms with Crippen molar-refractivity contribution in [3.8, 4) is 0 Å². The number of thiazole rings is 1. The van der Waals surface area contributed by atoms with E-state index in [9.17, 15) is 18.0 Å². The SMILES string of the molecule is CCCCNS(=O)(=O)c1cccc(C(=O)Nc2nc(C)c(C(=O)OCC)s2)c1. The van der Waals surface area contributed by atoms with Crippen LogP contribution >= 0.6 is 11.3 Å². The van der Waals surface area contributed by atoms with E-state index in [0.717, 1.165) is 24.2 Å². The normalized spacial score (nSPS) is 11.2. The van der Waals surface area contributed by atoms with Gasteiger partial charge in [-0.3, -0.25) is 10.1 Å². The fourth-order valence-electron chi connectivity index (χ4n) is 2.28. The smallest absolute Gasteiger partial charge is 0.350 e. The highest BCUT2D eigenvalue weighted by Gasteiger charge is 2.19. The molecule has 2 rings (SSSR count). The molecule has 8 nitrogen and oxygen atoms in total. The summed E-state index contributed by atoms with van der Waals surface area (Å²) >= 11 is 1.01. The molecular formula is C18H23N3O5S2. The van der Waals surface area contributed by atoms with Gasteiger partial charge in [0.15, 0.2) is 5.13 Å². The zero-order chi connectivity index (χ0) is 20.7. The first kappa shape index (κ1) is 22.0. The molecule has 2 aromatic rings. The molecule has 0 unspecified atom stereocenters. The lowest BCUT2D eigenvalue weighted by Crippen LogP contribution is -2.25. The van der Waals surface area contributed by atoms with Crippen LogP contribution in [0.25, 0.3) is 0 Å². The van der Waals surface area contributed by atoms with Crippen molar-refractivity contribution in [3.05, 3.63) is 40.4 Å². The van der Waals surface area contributed by atoms with Crippen LogP contribution in [-0.2, 0) is 14.8 Å². The van der Waals surface area contributed by atoms with Gasteiger partial charge in [-0.05, 0) is 38.5 Å². The summed E-state index contributed by atoms with van der Waals surface area (Å²) in [6.45, 7) is 5.89. The van der Waals surface area contributed by atoms with Crippen LogP contribution in [0.4, 0.5) is 5.13 Å². The minimum atomic E-state index is -3.69. The summed E-state index contributed by atoms with van der Waals surface area (Å²) in [6.07, 6.45) is 1.59. The molecule has 28 heavy (non-hydrogen) atoms. The Morgan fingerprint density at radius 3 is 2.68 bits per heavy atom. The Balaban J connectivity index is 2.15. The number of ether oxygens (including phenoxy) is 1. The van der Waals surface area contributed by atoms with Crippen LogP contribution in [0, 0.1) is 6.92 Å². The van der Waals surface area contributed by atoms with Gasteiger partial charge >= 0.3 is 5.97 Å². The van der Waals surface area contributed by atoms with Crippen molar-refractivity contribution in [3.63, 3.8) is 0 Å². The molecule has 1 amide bonds. The Bertz CT molecular complexity index is 954. The Kier molecular flexibility index (Phi) is 7.67. The Labute approximate surface area is 168 Å². The molecule has 1 aromatic heterocycles. The van der Waals surface area contributed by atoms with Crippen molar-refractivity contribution >= 4 is 38.4 Å². The van der Waals surface area contributed by atoms with Gasteiger partial charge in [-0.1, -0.05) is 30.7 Å². The predicted molar refractivity (Wildman–Crippen MR) is 107 cm³/mol. The van der Waals surface area contributed by atoms with E-state index in [1.165, 1.54) is 24.3 Å². The molecule has 0 spiro atoms. The standard InChI is InChI=1S/C18H23N3O5S2/c1-4-6-10-19-28(24,25)14-9-7-8-13(11-14)16(22)21-18-20-12(3)15(27-18)17(23)26-5-2/h7-9,11,19H,4-6,10H2,1-3H3,(H,20,21,22). The highest BCUT2D eigenvalue weighted by atomic mass is 32.2. The van der Waals surface area contributed by atoms with E-state index < -0.39 is 21.9 Å². The van der Waals surface area contributed by atoms with Crippen molar-refractivity contribution in [1.82, 2.24) is 9.71 Å². The number of amides is 1. The second kappa shape index (κ2) is 9.76. The summed E-state index contributed by atoms with van der Waals surface area (Å²) in [5, 5.41) is 2.83. The first-order chi connectivity index (χ1) is 13.3. The van der Waals surface area contributed by atoms with Crippen molar-refractivity contribution in [2.24, 2.45) is 0 Å². The zero-order valence-electron chi connectivity index (χ0n) is 15.9. The third kappa shape index (κ3) is 5.60. The summed E-state index contributed by atoms with van der Waals surface area (Å²) in [6, 6.07) is 5.74. The number of aromatic nitrogens is 1. The molecule has 152 valence electrons. The summed E-state index contributed by atoms with van der Waals surface area (Å²) in [5.41, 5.74) is 0.624. The molecule has 0 aliphatic heterocycles. The van der Waals surface area contributed by atoms with E-state index in [1.807, 2.05) is 6.92 Å². The van der Waals surface area contributed by atoms with Crippen LogP contribution in [0.15, 0.2) is 29.2 Å². The Hall–Kier alpha value is -2.30. The molecule has 0 atom stereocenters. The quantitative estimate of drug-likeness (QED) is 0.472. The number of aryl methyl sites for hydroxylation is 1. The molecule has 10 heteroatoms. The Morgan fingerprint density at radius 2 is 2.00 bits per heavy atom. The van der Waals surface area contributed by atoms with E-state index in [4.69, 9.17) is 4.74 Å². The van der Waals surface area contributed by atoms with Gasteiger partial charge in [-0.25, -0.2) is 22.9 Å².